The van der Waals surface area contributed by atoms with Crippen LogP contribution in [0.1, 0.15) is 5.56 Å². The Morgan fingerprint density at radius 3 is 2.27 bits per heavy atom. The molecule has 1 aromatic heterocycles. The molecule has 0 saturated carbocycles. The van der Waals surface area contributed by atoms with E-state index < -0.39 is 21.7 Å². The van der Waals surface area contributed by atoms with Gasteiger partial charge in [-0.1, -0.05) is 0 Å². The topological polar surface area (TPSA) is 130 Å². The first-order chi connectivity index (χ1) is 17.7. The average Bonchev–Trinajstić information content (AvgIpc) is 2.85. The zero-order valence-electron chi connectivity index (χ0n) is 19.6. The lowest BCUT2D eigenvalue weighted by Gasteiger charge is -2.12. The minimum Gasteiger partial charge on any atom is -0.491 e. The van der Waals surface area contributed by atoms with E-state index in [1.54, 1.807) is 48.7 Å². The normalized spacial score (nSPS) is 10.9. The number of carbonyl (C=O) groups excluding carboxylic acids is 1. The highest BCUT2D eigenvalue weighted by atomic mass is 32.2. The molecule has 0 saturated heterocycles. The number of nitrogens with one attached hydrogen (secondary N) is 2. The van der Waals surface area contributed by atoms with E-state index in [1.165, 1.54) is 24.3 Å². The van der Waals surface area contributed by atoms with Gasteiger partial charge >= 0.3 is 6.03 Å². The lowest BCUT2D eigenvalue weighted by Crippen LogP contribution is -2.19. The standard InChI is InChI=1S/C26H21FN4O5S/c1-37(33,34)13-12-35-25-15-23-22(14-17(25)16-28)24(10-11-29-23)36-21-8-6-20(7-9-21)31-26(32)30-19-4-2-18(27)3-5-19/h2-11,14-15H,12-13H2,1H3,(H2,30,31,32). The van der Waals surface area contributed by atoms with Gasteiger partial charge in [0.15, 0.2) is 9.84 Å². The molecule has 9 nitrogen and oxygen atoms in total. The molecule has 0 aliphatic carbocycles. The maximum Gasteiger partial charge on any atom is 0.323 e. The summed E-state index contributed by atoms with van der Waals surface area (Å²) in [6.07, 6.45) is 2.65. The molecule has 0 atom stereocenters. The van der Waals surface area contributed by atoms with Crippen LogP contribution < -0.4 is 20.1 Å². The first kappa shape index (κ1) is 25.4. The van der Waals surface area contributed by atoms with Gasteiger partial charge in [0.25, 0.3) is 0 Å². The quantitative estimate of drug-likeness (QED) is 0.330. The Balaban J connectivity index is 1.46. The van der Waals surface area contributed by atoms with Gasteiger partial charge in [0.2, 0.25) is 0 Å². The number of amides is 2. The largest absolute Gasteiger partial charge is 0.491 e. The third-order valence-electron chi connectivity index (χ3n) is 5.08. The van der Waals surface area contributed by atoms with Crippen molar-refractivity contribution in [3.05, 3.63) is 84.3 Å². The van der Waals surface area contributed by atoms with E-state index in [0.29, 0.717) is 33.8 Å². The number of fused-ring (bicyclic) bond motifs is 1. The van der Waals surface area contributed by atoms with E-state index in [0.717, 1.165) is 6.26 Å². The molecule has 0 bridgehead atoms. The molecule has 4 rings (SSSR count). The average molecular weight is 521 g/mol. The monoisotopic (exact) mass is 520 g/mol. The maximum atomic E-state index is 13.0. The van der Waals surface area contributed by atoms with E-state index in [2.05, 4.69) is 15.6 Å². The molecule has 0 spiro atoms. The summed E-state index contributed by atoms with van der Waals surface area (Å²) in [5.41, 5.74) is 1.67. The maximum absolute atomic E-state index is 13.0. The van der Waals surface area contributed by atoms with E-state index in [-0.39, 0.29) is 23.7 Å². The van der Waals surface area contributed by atoms with Crippen molar-refractivity contribution in [1.29, 1.82) is 5.26 Å². The minimum atomic E-state index is -3.21. The van der Waals surface area contributed by atoms with Crippen LogP contribution in [0.25, 0.3) is 10.9 Å². The molecule has 4 aromatic rings. The van der Waals surface area contributed by atoms with E-state index in [4.69, 9.17) is 9.47 Å². The second kappa shape index (κ2) is 10.9. The van der Waals surface area contributed by atoms with Crippen LogP contribution in [0, 0.1) is 17.1 Å². The van der Waals surface area contributed by atoms with Crippen molar-refractivity contribution in [2.45, 2.75) is 0 Å². The second-order valence-electron chi connectivity index (χ2n) is 7.98. The first-order valence-electron chi connectivity index (χ1n) is 10.9. The molecule has 2 N–H and O–H groups in total. The first-order valence-corrected chi connectivity index (χ1v) is 13.0. The summed E-state index contributed by atoms with van der Waals surface area (Å²) in [4.78, 5) is 16.5. The number of hydrogen-bond donors (Lipinski definition) is 2. The number of nitriles is 1. The van der Waals surface area contributed by atoms with Crippen LogP contribution in [0.4, 0.5) is 20.6 Å². The van der Waals surface area contributed by atoms with Crippen molar-refractivity contribution >= 4 is 38.1 Å². The Morgan fingerprint density at radius 2 is 1.65 bits per heavy atom. The Labute approximate surface area is 212 Å². The number of nitrogens with zero attached hydrogens (tertiary/aromatic N) is 2. The number of anilines is 2. The fourth-order valence-corrected chi connectivity index (χ4v) is 3.69. The van der Waals surface area contributed by atoms with Crippen LogP contribution in [-0.2, 0) is 9.84 Å². The predicted molar refractivity (Wildman–Crippen MR) is 137 cm³/mol. The minimum absolute atomic E-state index is 0.0858. The van der Waals surface area contributed by atoms with Gasteiger partial charge in [-0.15, -0.1) is 0 Å². The van der Waals surface area contributed by atoms with E-state index in [9.17, 15) is 22.9 Å². The summed E-state index contributed by atoms with van der Waals surface area (Å²) in [5.74, 6) is 0.580. The Kier molecular flexibility index (Phi) is 7.50. The second-order valence-corrected chi connectivity index (χ2v) is 10.2. The SMILES string of the molecule is CS(=O)(=O)CCOc1cc2nccc(Oc3ccc(NC(=O)Nc4ccc(F)cc4)cc3)c2cc1C#N. The van der Waals surface area contributed by atoms with Crippen molar-refractivity contribution in [2.24, 2.45) is 0 Å². The number of benzene rings is 3. The molecule has 3 aromatic carbocycles. The molecule has 37 heavy (non-hydrogen) atoms. The summed E-state index contributed by atoms with van der Waals surface area (Å²) < 4.78 is 47.2. The van der Waals surface area contributed by atoms with Gasteiger partial charge in [-0.25, -0.2) is 17.6 Å². The number of halogens is 1. The highest BCUT2D eigenvalue weighted by molar-refractivity contribution is 7.90. The molecule has 188 valence electrons. The van der Waals surface area contributed by atoms with Crippen molar-refractivity contribution in [1.82, 2.24) is 4.98 Å². The Bertz CT molecular complexity index is 1580. The van der Waals surface area contributed by atoms with Crippen molar-refractivity contribution in [3.63, 3.8) is 0 Å². The van der Waals surface area contributed by atoms with Crippen LogP contribution >= 0.6 is 0 Å². The van der Waals surface area contributed by atoms with Crippen molar-refractivity contribution < 1.29 is 27.1 Å². The number of carbonyl (C=O) groups is 1. The van der Waals surface area contributed by atoms with Crippen molar-refractivity contribution in [3.8, 4) is 23.3 Å². The number of pyridine rings is 1. The van der Waals surface area contributed by atoms with Crippen LogP contribution in [0.3, 0.4) is 0 Å². The fourth-order valence-electron chi connectivity index (χ4n) is 3.31. The predicted octanol–water partition coefficient (Wildman–Crippen LogP) is 5.11. The number of ether oxygens (including phenoxy) is 2. The number of aromatic nitrogens is 1. The van der Waals surface area contributed by atoms with Crippen molar-refractivity contribution in [2.75, 3.05) is 29.2 Å². The number of sulfone groups is 1. The summed E-state index contributed by atoms with van der Waals surface area (Å²) in [7, 11) is -3.21. The summed E-state index contributed by atoms with van der Waals surface area (Å²) in [6, 6.07) is 18.4. The highest BCUT2D eigenvalue weighted by Gasteiger charge is 2.13. The van der Waals surface area contributed by atoms with Crippen LogP contribution in [0.5, 0.6) is 17.2 Å². The smallest absolute Gasteiger partial charge is 0.323 e. The molecule has 0 fully saturated rings. The Morgan fingerprint density at radius 1 is 1.00 bits per heavy atom. The molecular weight excluding hydrogens is 499 g/mol. The lowest BCUT2D eigenvalue weighted by atomic mass is 10.1. The van der Waals surface area contributed by atoms with Gasteiger partial charge in [-0.3, -0.25) is 4.98 Å². The van der Waals surface area contributed by atoms with Gasteiger partial charge in [0.1, 0.15) is 35.7 Å². The summed E-state index contributed by atoms with van der Waals surface area (Å²) >= 11 is 0. The van der Waals surface area contributed by atoms with Crippen LogP contribution in [0.2, 0.25) is 0 Å². The number of hydrogen-bond acceptors (Lipinski definition) is 7. The summed E-state index contributed by atoms with van der Waals surface area (Å²) in [6.45, 7) is -0.0858. The molecule has 0 radical (unpaired) electrons. The lowest BCUT2D eigenvalue weighted by molar-refractivity contribution is 0.262. The fraction of sp³-hybridized carbons (Fsp3) is 0.115. The number of urea groups is 1. The number of rotatable bonds is 8. The highest BCUT2D eigenvalue weighted by Crippen LogP contribution is 2.33. The molecule has 0 aliphatic rings. The third kappa shape index (κ3) is 6.93. The zero-order valence-corrected chi connectivity index (χ0v) is 20.4. The molecule has 2 amide bonds. The summed E-state index contributed by atoms with van der Waals surface area (Å²) in [5, 5.41) is 15.4. The zero-order chi connectivity index (χ0) is 26.4. The van der Waals surface area contributed by atoms with E-state index in [1.807, 2.05) is 6.07 Å². The van der Waals surface area contributed by atoms with Gasteiger partial charge in [-0.05, 0) is 60.7 Å². The van der Waals surface area contributed by atoms with Crippen LogP contribution in [0.15, 0.2) is 72.9 Å². The molecule has 0 aliphatic heterocycles. The molecule has 0 unspecified atom stereocenters. The Hall–Kier alpha value is -4.69. The van der Waals surface area contributed by atoms with Gasteiger partial charge in [-0.2, -0.15) is 5.26 Å². The van der Waals surface area contributed by atoms with E-state index >= 15 is 0 Å². The van der Waals surface area contributed by atoms with Gasteiger partial charge < -0.3 is 20.1 Å². The van der Waals surface area contributed by atoms with Crippen LogP contribution in [-0.4, -0.2) is 38.0 Å². The molecular formula is C26H21FN4O5S. The third-order valence-corrected chi connectivity index (χ3v) is 5.99. The molecule has 11 heteroatoms. The molecule has 1 heterocycles. The van der Waals surface area contributed by atoms with Gasteiger partial charge in [0.05, 0.1) is 16.8 Å². The van der Waals surface area contributed by atoms with Gasteiger partial charge in [0, 0.05) is 35.3 Å².